The molecular weight excluding hydrogens is 184 g/mol. The van der Waals surface area contributed by atoms with E-state index in [1.54, 1.807) is 0 Å². The lowest BCUT2D eigenvalue weighted by Gasteiger charge is -2.12. The molecule has 0 fully saturated rings. The monoisotopic (exact) mass is 200 g/mol. The van der Waals surface area contributed by atoms with Gasteiger partial charge in [0.25, 0.3) is 0 Å². The number of aliphatic hydroxyl groups is 1. The van der Waals surface area contributed by atoms with Crippen LogP contribution < -0.4 is 0 Å². The predicted octanol–water partition coefficient (Wildman–Crippen LogP) is 3.46. The van der Waals surface area contributed by atoms with Crippen molar-refractivity contribution < 1.29 is 5.11 Å². The quantitative estimate of drug-likeness (QED) is 0.787. The van der Waals surface area contributed by atoms with Crippen LogP contribution in [0.25, 0.3) is 10.8 Å². The van der Waals surface area contributed by atoms with Gasteiger partial charge in [-0.15, -0.1) is 0 Å². The molecule has 0 aliphatic carbocycles. The molecule has 0 aliphatic heterocycles. The number of hydrogen-bond donors (Lipinski definition) is 1. The van der Waals surface area contributed by atoms with E-state index in [0.29, 0.717) is 5.92 Å². The van der Waals surface area contributed by atoms with E-state index in [4.69, 9.17) is 0 Å². The Hall–Kier alpha value is -1.34. The van der Waals surface area contributed by atoms with Gasteiger partial charge < -0.3 is 5.11 Å². The molecule has 0 atom stereocenters. The van der Waals surface area contributed by atoms with Crippen molar-refractivity contribution in [2.24, 2.45) is 0 Å². The zero-order valence-electron chi connectivity index (χ0n) is 9.20. The molecule has 15 heavy (non-hydrogen) atoms. The van der Waals surface area contributed by atoms with Crippen LogP contribution in [0.1, 0.15) is 30.9 Å². The van der Waals surface area contributed by atoms with Gasteiger partial charge in [-0.05, 0) is 33.9 Å². The first-order valence-corrected chi connectivity index (χ1v) is 5.35. The summed E-state index contributed by atoms with van der Waals surface area (Å²) in [5.74, 6) is 0.455. The van der Waals surface area contributed by atoms with Gasteiger partial charge >= 0.3 is 0 Å². The molecule has 2 aromatic carbocycles. The van der Waals surface area contributed by atoms with E-state index in [1.807, 2.05) is 12.1 Å². The Labute approximate surface area is 90.4 Å². The van der Waals surface area contributed by atoms with Crippen molar-refractivity contribution in [2.45, 2.75) is 26.4 Å². The third kappa shape index (κ3) is 1.88. The number of benzene rings is 2. The maximum Gasteiger partial charge on any atom is 0.0684 e. The van der Waals surface area contributed by atoms with E-state index in [0.717, 1.165) is 5.56 Å². The maximum absolute atomic E-state index is 9.33. The van der Waals surface area contributed by atoms with Crippen LogP contribution >= 0.6 is 0 Å². The second kappa shape index (κ2) is 4.03. The van der Waals surface area contributed by atoms with Gasteiger partial charge in [0.05, 0.1) is 6.61 Å². The molecule has 0 bridgehead atoms. The Morgan fingerprint density at radius 1 is 1.07 bits per heavy atom. The summed E-state index contributed by atoms with van der Waals surface area (Å²) in [7, 11) is 0. The van der Waals surface area contributed by atoms with Crippen LogP contribution in [-0.2, 0) is 6.61 Å². The zero-order chi connectivity index (χ0) is 10.8. The smallest absolute Gasteiger partial charge is 0.0684 e. The Morgan fingerprint density at radius 2 is 1.67 bits per heavy atom. The van der Waals surface area contributed by atoms with Gasteiger partial charge in [-0.1, -0.05) is 44.2 Å². The van der Waals surface area contributed by atoms with Gasteiger partial charge in [0.2, 0.25) is 0 Å². The fourth-order valence-electron chi connectivity index (χ4n) is 1.98. The summed E-state index contributed by atoms with van der Waals surface area (Å²) in [6.07, 6.45) is 0. The molecule has 0 aliphatic rings. The van der Waals surface area contributed by atoms with Gasteiger partial charge in [0.15, 0.2) is 0 Å². The third-order valence-electron chi connectivity index (χ3n) is 2.80. The average Bonchev–Trinajstić information content (AvgIpc) is 2.27. The average molecular weight is 200 g/mol. The standard InChI is InChI=1S/C14H16O/c1-10(2)14-8-12-6-4-3-5-11(12)7-13(14)9-15/h3-8,10,15H,9H2,1-2H3. The minimum atomic E-state index is 0.123. The number of rotatable bonds is 2. The molecule has 0 heterocycles. The molecule has 78 valence electrons. The molecule has 1 nitrogen and oxygen atoms in total. The molecule has 2 rings (SSSR count). The lowest BCUT2D eigenvalue weighted by atomic mass is 9.94. The molecule has 1 N–H and O–H groups in total. The second-order valence-corrected chi connectivity index (χ2v) is 4.21. The molecule has 2 aromatic rings. The highest BCUT2D eigenvalue weighted by atomic mass is 16.3. The number of hydrogen-bond acceptors (Lipinski definition) is 1. The highest BCUT2D eigenvalue weighted by Gasteiger charge is 2.07. The van der Waals surface area contributed by atoms with E-state index < -0.39 is 0 Å². The van der Waals surface area contributed by atoms with Crippen LogP contribution in [0.4, 0.5) is 0 Å². The normalized spacial score (nSPS) is 11.2. The fourth-order valence-corrected chi connectivity index (χ4v) is 1.98. The predicted molar refractivity (Wildman–Crippen MR) is 64.0 cm³/mol. The summed E-state index contributed by atoms with van der Waals surface area (Å²) in [4.78, 5) is 0. The van der Waals surface area contributed by atoms with Crippen LogP contribution in [-0.4, -0.2) is 5.11 Å². The lowest BCUT2D eigenvalue weighted by molar-refractivity contribution is 0.280. The molecule has 1 heteroatoms. The minimum Gasteiger partial charge on any atom is -0.392 e. The van der Waals surface area contributed by atoms with Crippen molar-refractivity contribution in [3.05, 3.63) is 47.5 Å². The van der Waals surface area contributed by atoms with E-state index in [2.05, 4.69) is 38.1 Å². The first-order chi connectivity index (χ1) is 7.22. The molecule has 0 radical (unpaired) electrons. The van der Waals surface area contributed by atoms with E-state index in [-0.39, 0.29) is 6.61 Å². The largest absolute Gasteiger partial charge is 0.392 e. The maximum atomic E-state index is 9.33. The Kier molecular flexibility index (Phi) is 2.74. The SMILES string of the molecule is CC(C)c1cc2ccccc2cc1CO. The van der Waals surface area contributed by atoms with Crippen molar-refractivity contribution in [1.29, 1.82) is 0 Å². The summed E-state index contributed by atoms with van der Waals surface area (Å²) in [5.41, 5.74) is 2.29. The number of aliphatic hydroxyl groups excluding tert-OH is 1. The van der Waals surface area contributed by atoms with Crippen molar-refractivity contribution >= 4 is 10.8 Å². The van der Waals surface area contributed by atoms with Crippen molar-refractivity contribution in [2.75, 3.05) is 0 Å². The molecule has 0 saturated carbocycles. The first kappa shape index (κ1) is 10.2. The van der Waals surface area contributed by atoms with Gasteiger partial charge in [-0.25, -0.2) is 0 Å². The Balaban J connectivity index is 2.69. The minimum absolute atomic E-state index is 0.123. The van der Waals surface area contributed by atoms with Crippen LogP contribution in [0.5, 0.6) is 0 Å². The van der Waals surface area contributed by atoms with Gasteiger partial charge in [0, 0.05) is 0 Å². The first-order valence-electron chi connectivity index (χ1n) is 5.35. The highest BCUT2D eigenvalue weighted by Crippen LogP contribution is 2.25. The summed E-state index contributed by atoms with van der Waals surface area (Å²) in [5, 5.41) is 11.8. The van der Waals surface area contributed by atoms with Crippen molar-refractivity contribution in [3.8, 4) is 0 Å². The third-order valence-corrected chi connectivity index (χ3v) is 2.80. The zero-order valence-corrected chi connectivity index (χ0v) is 9.20. The Bertz CT molecular complexity index is 472. The molecular formula is C14H16O. The van der Waals surface area contributed by atoms with Crippen LogP contribution in [0.15, 0.2) is 36.4 Å². The van der Waals surface area contributed by atoms with Crippen LogP contribution in [0.3, 0.4) is 0 Å². The van der Waals surface area contributed by atoms with E-state index in [1.165, 1.54) is 16.3 Å². The van der Waals surface area contributed by atoms with Crippen molar-refractivity contribution in [3.63, 3.8) is 0 Å². The summed E-state index contributed by atoms with van der Waals surface area (Å²) in [6, 6.07) is 12.5. The summed E-state index contributed by atoms with van der Waals surface area (Å²) >= 11 is 0. The molecule has 0 amide bonds. The summed E-state index contributed by atoms with van der Waals surface area (Å²) in [6.45, 7) is 4.44. The number of fused-ring (bicyclic) bond motifs is 1. The van der Waals surface area contributed by atoms with Gasteiger partial charge in [0.1, 0.15) is 0 Å². The molecule has 0 unspecified atom stereocenters. The van der Waals surface area contributed by atoms with Gasteiger partial charge in [-0.3, -0.25) is 0 Å². The van der Waals surface area contributed by atoms with Crippen LogP contribution in [0, 0.1) is 0 Å². The van der Waals surface area contributed by atoms with E-state index >= 15 is 0 Å². The Morgan fingerprint density at radius 3 is 2.20 bits per heavy atom. The molecule has 0 aromatic heterocycles. The molecule has 0 saturated heterocycles. The van der Waals surface area contributed by atoms with Crippen molar-refractivity contribution in [1.82, 2.24) is 0 Å². The van der Waals surface area contributed by atoms with Crippen LogP contribution in [0.2, 0.25) is 0 Å². The highest BCUT2D eigenvalue weighted by molar-refractivity contribution is 5.84. The second-order valence-electron chi connectivity index (χ2n) is 4.21. The van der Waals surface area contributed by atoms with Gasteiger partial charge in [-0.2, -0.15) is 0 Å². The summed E-state index contributed by atoms with van der Waals surface area (Å²) < 4.78 is 0. The fraction of sp³-hybridized carbons (Fsp3) is 0.286. The lowest BCUT2D eigenvalue weighted by Crippen LogP contribution is -1.96. The topological polar surface area (TPSA) is 20.2 Å². The molecule has 0 spiro atoms. The van der Waals surface area contributed by atoms with E-state index in [9.17, 15) is 5.11 Å².